The molecule has 1 amide bonds. The Bertz CT molecular complexity index is 876. The molecule has 2 aromatic rings. The van der Waals surface area contributed by atoms with Crippen molar-refractivity contribution in [1.82, 2.24) is 9.46 Å². The maximum Gasteiger partial charge on any atom is 0.243 e. The molecule has 1 aromatic heterocycles. The molecule has 1 aliphatic rings. The number of hydrogen-bond acceptors (Lipinski definition) is 6. The van der Waals surface area contributed by atoms with Crippen molar-refractivity contribution in [2.75, 3.05) is 25.5 Å². The van der Waals surface area contributed by atoms with Crippen LogP contribution in [0.15, 0.2) is 39.8 Å². The second-order valence-corrected chi connectivity index (χ2v) is 8.14. The number of benzene rings is 1. The lowest BCUT2D eigenvalue weighted by Crippen LogP contribution is -2.43. The zero-order valence-electron chi connectivity index (χ0n) is 14.6. The normalized spacial score (nSPS) is 18.5. The number of rotatable bonds is 5. The molecule has 3 rings (SSSR count). The number of nitrogens with zero attached hydrogens (tertiary/aromatic N) is 2. The van der Waals surface area contributed by atoms with Gasteiger partial charge in [-0.05, 0) is 44.0 Å². The minimum atomic E-state index is -3.66. The lowest BCUT2D eigenvalue weighted by Gasteiger charge is -2.31. The molecular formula is C17H21N3O5S. The summed E-state index contributed by atoms with van der Waals surface area (Å²) in [6.45, 7) is 2.27. The predicted molar refractivity (Wildman–Crippen MR) is 94.3 cm³/mol. The fourth-order valence-electron chi connectivity index (χ4n) is 2.92. The summed E-state index contributed by atoms with van der Waals surface area (Å²) in [6, 6.07) is 7.84. The van der Waals surface area contributed by atoms with Crippen LogP contribution in [0.3, 0.4) is 0 Å². The number of anilines is 1. The highest BCUT2D eigenvalue weighted by molar-refractivity contribution is 7.89. The molecule has 1 aliphatic heterocycles. The fourth-order valence-corrected chi connectivity index (χ4v) is 4.44. The summed E-state index contributed by atoms with van der Waals surface area (Å²) in [7, 11) is -2.14. The summed E-state index contributed by atoms with van der Waals surface area (Å²) in [5.74, 6) is 0.141. The number of sulfonamides is 1. The molecule has 8 nitrogen and oxygen atoms in total. The molecule has 0 radical (unpaired) electrons. The number of methoxy groups -OCH3 is 1. The van der Waals surface area contributed by atoms with E-state index in [1.165, 1.54) is 23.5 Å². The Balaban J connectivity index is 1.71. The van der Waals surface area contributed by atoms with E-state index in [-0.39, 0.29) is 23.2 Å². The SMILES string of the molecule is COc1ccc(S(=O)(=O)N2CCC[C@@H](C(=O)Nc3cc(C)no3)C2)cc1. The Morgan fingerprint density at radius 2 is 2.08 bits per heavy atom. The van der Waals surface area contributed by atoms with Gasteiger partial charge in [0, 0.05) is 19.2 Å². The summed E-state index contributed by atoms with van der Waals surface area (Å²) in [4.78, 5) is 12.6. The first kappa shape index (κ1) is 18.4. The number of aromatic nitrogens is 1. The Kier molecular flexibility index (Phi) is 5.28. The van der Waals surface area contributed by atoms with Crippen LogP contribution in [0.2, 0.25) is 0 Å². The third-order valence-corrected chi connectivity index (χ3v) is 6.21. The van der Waals surface area contributed by atoms with Crippen LogP contribution in [0.25, 0.3) is 0 Å². The van der Waals surface area contributed by atoms with Gasteiger partial charge >= 0.3 is 0 Å². The van der Waals surface area contributed by atoms with Crippen LogP contribution in [0.1, 0.15) is 18.5 Å². The Morgan fingerprint density at radius 1 is 1.35 bits per heavy atom. The molecular weight excluding hydrogens is 358 g/mol. The Labute approximate surface area is 152 Å². The van der Waals surface area contributed by atoms with Gasteiger partial charge in [0.25, 0.3) is 0 Å². The van der Waals surface area contributed by atoms with Crippen molar-refractivity contribution < 1.29 is 22.5 Å². The molecule has 1 fully saturated rings. The van der Waals surface area contributed by atoms with Gasteiger partial charge in [-0.3, -0.25) is 10.1 Å². The van der Waals surface area contributed by atoms with Gasteiger partial charge in [-0.2, -0.15) is 4.31 Å². The molecule has 2 heterocycles. The molecule has 0 saturated carbocycles. The molecule has 0 aliphatic carbocycles. The second-order valence-electron chi connectivity index (χ2n) is 6.20. The molecule has 0 unspecified atom stereocenters. The van der Waals surface area contributed by atoms with Crippen LogP contribution in [-0.2, 0) is 14.8 Å². The van der Waals surface area contributed by atoms with Crippen LogP contribution < -0.4 is 10.1 Å². The number of aryl methyl sites for hydroxylation is 1. The summed E-state index contributed by atoms with van der Waals surface area (Å²) in [6.07, 6.45) is 1.23. The average molecular weight is 379 g/mol. The molecule has 0 spiro atoms. The summed E-state index contributed by atoms with van der Waals surface area (Å²) >= 11 is 0. The van der Waals surface area contributed by atoms with Crippen LogP contribution >= 0.6 is 0 Å². The van der Waals surface area contributed by atoms with Gasteiger partial charge in [0.1, 0.15) is 5.75 Å². The first-order valence-corrected chi connectivity index (χ1v) is 9.72. The maximum absolute atomic E-state index is 12.8. The third kappa shape index (κ3) is 3.88. The number of amides is 1. The largest absolute Gasteiger partial charge is 0.497 e. The monoisotopic (exact) mass is 379 g/mol. The van der Waals surface area contributed by atoms with Gasteiger partial charge < -0.3 is 9.26 Å². The summed E-state index contributed by atoms with van der Waals surface area (Å²) < 4.78 is 37.1. The molecule has 1 saturated heterocycles. The number of piperidine rings is 1. The van der Waals surface area contributed by atoms with Gasteiger partial charge in [0.05, 0.1) is 23.6 Å². The van der Waals surface area contributed by atoms with Crippen molar-refractivity contribution in [3.63, 3.8) is 0 Å². The van der Waals surface area contributed by atoms with Crippen LogP contribution in [0.5, 0.6) is 5.75 Å². The average Bonchev–Trinajstić information content (AvgIpc) is 3.06. The zero-order chi connectivity index (χ0) is 18.7. The molecule has 140 valence electrons. The van der Waals surface area contributed by atoms with Crippen molar-refractivity contribution in [2.24, 2.45) is 5.92 Å². The van der Waals surface area contributed by atoms with E-state index in [9.17, 15) is 13.2 Å². The van der Waals surface area contributed by atoms with Crippen molar-refractivity contribution in [2.45, 2.75) is 24.7 Å². The van der Waals surface area contributed by atoms with E-state index in [1.54, 1.807) is 25.1 Å². The van der Waals surface area contributed by atoms with Crippen molar-refractivity contribution in [1.29, 1.82) is 0 Å². The van der Waals surface area contributed by atoms with E-state index in [2.05, 4.69) is 10.5 Å². The quantitative estimate of drug-likeness (QED) is 0.853. The van der Waals surface area contributed by atoms with Gasteiger partial charge in [-0.25, -0.2) is 8.42 Å². The van der Waals surface area contributed by atoms with Gasteiger partial charge in [0.15, 0.2) is 0 Å². The van der Waals surface area contributed by atoms with E-state index in [0.717, 1.165) is 0 Å². The first-order chi connectivity index (χ1) is 12.4. The molecule has 26 heavy (non-hydrogen) atoms. The van der Waals surface area contributed by atoms with Crippen LogP contribution in [0.4, 0.5) is 5.88 Å². The van der Waals surface area contributed by atoms with Gasteiger partial charge in [-0.15, -0.1) is 0 Å². The minimum absolute atomic E-state index is 0.132. The van der Waals surface area contributed by atoms with E-state index >= 15 is 0 Å². The lowest BCUT2D eigenvalue weighted by atomic mass is 9.99. The van der Waals surface area contributed by atoms with E-state index in [4.69, 9.17) is 9.26 Å². The molecule has 9 heteroatoms. The van der Waals surface area contributed by atoms with Crippen molar-refractivity contribution in [3.8, 4) is 5.75 Å². The fraction of sp³-hybridized carbons (Fsp3) is 0.412. The topological polar surface area (TPSA) is 102 Å². The Hall–Kier alpha value is -2.39. The first-order valence-electron chi connectivity index (χ1n) is 8.28. The number of hydrogen-bond donors (Lipinski definition) is 1. The zero-order valence-corrected chi connectivity index (χ0v) is 15.5. The number of carbonyl (C=O) groups is 1. The second kappa shape index (κ2) is 7.46. The highest BCUT2D eigenvalue weighted by atomic mass is 32.2. The molecule has 0 bridgehead atoms. The van der Waals surface area contributed by atoms with E-state index in [0.29, 0.717) is 30.8 Å². The summed E-state index contributed by atoms with van der Waals surface area (Å²) in [5, 5.41) is 6.37. The maximum atomic E-state index is 12.8. The van der Waals surface area contributed by atoms with Crippen LogP contribution in [0, 0.1) is 12.8 Å². The van der Waals surface area contributed by atoms with Crippen LogP contribution in [-0.4, -0.2) is 44.0 Å². The van der Waals surface area contributed by atoms with Crippen molar-refractivity contribution >= 4 is 21.8 Å². The molecule has 1 N–H and O–H groups in total. The van der Waals surface area contributed by atoms with E-state index in [1.807, 2.05) is 0 Å². The van der Waals surface area contributed by atoms with Gasteiger partial charge in [-0.1, -0.05) is 5.16 Å². The lowest BCUT2D eigenvalue weighted by molar-refractivity contribution is -0.121. The third-order valence-electron chi connectivity index (χ3n) is 4.33. The smallest absolute Gasteiger partial charge is 0.243 e. The number of ether oxygens (including phenoxy) is 1. The van der Waals surface area contributed by atoms with E-state index < -0.39 is 15.9 Å². The Morgan fingerprint density at radius 3 is 2.69 bits per heavy atom. The van der Waals surface area contributed by atoms with Crippen molar-refractivity contribution in [3.05, 3.63) is 36.0 Å². The number of carbonyl (C=O) groups excluding carboxylic acids is 1. The van der Waals surface area contributed by atoms with Gasteiger partial charge in [0.2, 0.25) is 21.8 Å². The number of nitrogens with one attached hydrogen (secondary N) is 1. The highest BCUT2D eigenvalue weighted by Gasteiger charge is 2.33. The molecule has 1 atom stereocenters. The predicted octanol–water partition coefficient (Wildman–Crippen LogP) is 2.03. The summed E-state index contributed by atoms with van der Waals surface area (Å²) in [5.41, 5.74) is 0.660. The highest BCUT2D eigenvalue weighted by Crippen LogP contribution is 2.26. The molecule has 1 aromatic carbocycles. The standard InChI is InChI=1S/C17H21N3O5S/c1-12-10-16(25-19-12)18-17(21)13-4-3-9-20(11-13)26(22,23)15-7-5-14(24-2)6-8-15/h5-8,10,13H,3-4,9,11H2,1-2H3,(H,18,21)/t13-/m1/s1. The minimum Gasteiger partial charge on any atom is -0.497 e.